The quantitative estimate of drug-likeness (QED) is 0.282. The highest BCUT2D eigenvalue weighted by molar-refractivity contribution is 14.0. The van der Waals surface area contributed by atoms with Gasteiger partial charge in [0.05, 0.1) is 13.7 Å². The number of hydrogen-bond donors (Lipinski definition) is 2. The van der Waals surface area contributed by atoms with Crippen LogP contribution in [0.1, 0.15) is 31.7 Å². The number of nitrogens with zero attached hydrogens (tertiary/aromatic N) is 2. The van der Waals surface area contributed by atoms with Crippen molar-refractivity contribution >= 4 is 29.9 Å². The molecule has 2 rings (SSSR count). The lowest BCUT2D eigenvalue weighted by Gasteiger charge is -2.26. The van der Waals surface area contributed by atoms with Crippen molar-refractivity contribution in [1.82, 2.24) is 15.5 Å². The molecule has 0 unspecified atom stereocenters. The summed E-state index contributed by atoms with van der Waals surface area (Å²) >= 11 is 0. The van der Waals surface area contributed by atoms with Gasteiger partial charge in [-0.05, 0) is 50.6 Å². The van der Waals surface area contributed by atoms with E-state index in [2.05, 4.69) is 20.5 Å². The molecule has 1 aliphatic rings. The molecule has 0 atom stereocenters. The van der Waals surface area contributed by atoms with Crippen molar-refractivity contribution in [2.75, 3.05) is 46.4 Å². The molecule has 172 valence electrons. The Balaban J connectivity index is 0.00000450. The third-order valence-corrected chi connectivity index (χ3v) is 4.55. The van der Waals surface area contributed by atoms with E-state index in [1.165, 1.54) is 32.4 Å². The van der Waals surface area contributed by atoms with Crippen molar-refractivity contribution in [2.45, 2.75) is 38.9 Å². The van der Waals surface area contributed by atoms with Crippen LogP contribution < -0.4 is 20.1 Å². The number of methoxy groups -OCH3 is 1. The minimum atomic E-state index is -4.39. The first kappa shape index (κ1) is 26.6. The van der Waals surface area contributed by atoms with Crippen LogP contribution >= 0.6 is 24.0 Å². The van der Waals surface area contributed by atoms with E-state index in [1.54, 1.807) is 12.1 Å². The minimum Gasteiger partial charge on any atom is -0.493 e. The van der Waals surface area contributed by atoms with Gasteiger partial charge in [-0.1, -0.05) is 12.5 Å². The average molecular weight is 544 g/mol. The number of nitrogens with one attached hydrogen (secondary N) is 2. The van der Waals surface area contributed by atoms with Gasteiger partial charge in [-0.15, -0.1) is 24.0 Å². The number of halogens is 4. The van der Waals surface area contributed by atoms with Crippen molar-refractivity contribution in [2.24, 2.45) is 4.99 Å². The molecule has 10 heteroatoms. The van der Waals surface area contributed by atoms with Gasteiger partial charge in [0, 0.05) is 19.6 Å². The van der Waals surface area contributed by atoms with Crippen molar-refractivity contribution in [3.05, 3.63) is 23.8 Å². The number of ether oxygens (including phenoxy) is 2. The van der Waals surface area contributed by atoms with Crippen LogP contribution in [0.2, 0.25) is 0 Å². The van der Waals surface area contributed by atoms with E-state index in [1.807, 2.05) is 6.92 Å². The Hall–Kier alpha value is -1.43. The molecule has 2 N–H and O–H groups in total. The van der Waals surface area contributed by atoms with Crippen LogP contribution in [0.5, 0.6) is 11.5 Å². The molecule has 0 amide bonds. The molecule has 1 saturated heterocycles. The van der Waals surface area contributed by atoms with E-state index in [-0.39, 0.29) is 35.5 Å². The van der Waals surface area contributed by atoms with Gasteiger partial charge in [-0.3, -0.25) is 0 Å². The van der Waals surface area contributed by atoms with Crippen molar-refractivity contribution < 1.29 is 22.6 Å². The minimum absolute atomic E-state index is 0. The number of guanidine groups is 1. The Bertz CT molecular complexity index is 653. The first-order chi connectivity index (χ1) is 13.9. The lowest BCUT2D eigenvalue weighted by Crippen LogP contribution is -2.42. The summed E-state index contributed by atoms with van der Waals surface area (Å²) in [6.07, 6.45) is -0.552. The zero-order valence-electron chi connectivity index (χ0n) is 17.6. The first-order valence-corrected chi connectivity index (χ1v) is 10.0. The van der Waals surface area contributed by atoms with E-state index in [9.17, 15) is 13.2 Å². The standard InChI is InChI=1S/C20H31F3N4O2.HI/c1-3-24-19(25-9-12-27-10-5-4-6-11-27)26-14-16-7-8-17(18(13-16)28-2)29-15-20(21,22)23;/h7-8,13H,3-6,9-12,14-15H2,1-2H3,(H2,24,25,26);1H. The molecule has 0 radical (unpaired) electrons. The van der Waals surface area contributed by atoms with Crippen LogP contribution in [0.3, 0.4) is 0 Å². The maximum atomic E-state index is 12.4. The van der Waals surface area contributed by atoms with Gasteiger partial charge in [0.25, 0.3) is 0 Å². The van der Waals surface area contributed by atoms with Gasteiger partial charge in [0.1, 0.15) is 0 Å². The molecular formula is C20H32F3IN4O2. The predicted octanol–water partition coefficient (Wildman–Crippen LogP) is 3.80. The van der Waals surface area contributed by atoms with Crippen LogP contribution in [0.4, 0.5) is 13.2 Å². The Morgan fingerprint density at radius 1 is 1.13 bits per heavy atom. The summed E-state index contributed by atoms with van der Waals surface area (Å²) in [5.74, 6) is 1.02. The summed E-state index contributed by atoms with van der Waals surface area (Å²) < 4.78 is 47.0. The number of aliphatic imine (C=N–C) groups is 1. The summed E-state index contributed by atoms with van der Waals surface area (Å²) in [6.45, 7) is 5.83. The van der Waals surface area contributed by atoms with E-state index in [4.69, 9.17) is 9.47 Å². The molecule has 1 fully saturated rings. The summed E-state index contributed by atoms with van der Waals surface area (Å²) in [4.78, 5) is 7.01. The maximum absolute atomic E-state index is 12.4. The Morgan fingerprint density at radius 3 is 2.50 bits per heavy atom. The fraction of sp³-hybridized carbons (Fsp3) is 0.650. The van der Waals surface area contributed by atoms with Crippen LogP contribution in [0.15, 0.2) is 23.2 Å². The molecule has 0 spiro atoms. The first-order valence-electron chi connectivity index (χ1n) is 10.0. The van der Waals surface area contributed by atoms with Crippen LogP contribution in [-0.4, -0.2) is 63.5 Å². The second kappa shape index (κ2) is 13.8. The smallest absolute Gasteiger partial charge is 0.422 e. The van der Waals surface area contributed by atoms with E-state index >= 15 is 0 Å². The topological polar surface area (TPSA) is 58.1 Å². The second-order valence-electron chi connectivity index (χ2n) is 6.91. The largest absolute Gasteiger partial charge is 0.493 e. The lowest BCUT2D eigenvalue weighted by molar-refractivity contribution is -0.153. The third-order valence-electron chi connectivity index (χ3n) is 4.55. The van der Waals surface area contributed by atoms with E-state index in [0.29, 0.717) is 12.5 Å². The monoisotopic (exact) mass is 544 g/mol. The van der Waals surface area contributed by atoms with Gasteiger partial charge in [-0.25, -0.2) is 4.99 Å². The Kier molecular flexibility index (Phi) is 12.2. The highest BCUT2D eigenvalue weighted by Crippen LogP contribution is 2.30. The third kappa shape index (κ3) is 10.1. The van der Waals surface area contributed by atoms with Gasteiger partial charge in [-0.2, -0.15) is 13.2 Å². The molecule has 0 saturated carbocycles. The number of hydrogen-bond acceptors (Lipinski definition) is 4. The van der Waals surface area contributed by atoms with Crippen molar-refractivity contribution in [1.29, 1.82) is 0 Å². The summed E-state index contributed by atoms with van der Waals surface area (Å²) in [5.41, 5.74) is 0.814. The van der Waals surface area contributed by atoms with Crippen LogP contribution in [-0.2, 0) is 6.54 Å². The molecule has 30 heavy (non-hydrogen) atoms. The number of likely N-dealkylation sites (tertiary alicyclic amines) is 1. The molecule has 1 aromatic carbocycles. The zero-order valence-corrected chi connectivity index (χ0v) is 19.9. The Labute approximate surface area is 193 Å². The van der Waals surface area contributed by atoms with Gasteiger partial charge >= 0.3 is 6.18 Å². The molecular weight excluding hydrogens is 512 g/mol. The number of alkyl halides is 3. The zero-order chi connectivity index (χ0) is 21.1. The van der Waals surface area contributed by atoms with Crippen molar-refractivity contribution in [3.8, 4) is 11.5 Å². The fourth-order valence-corrected chi connectivity index (χ4v) is 3.12. The Morgan fingerprint density at radius 2 is 1.87 bits per heavy atom. The number of benzene rings is 1. The van der Waals surface area contributed by atoms with Gasteiger partial charge < -0.3 is 25.0 Å². The summed E-state index contributed by atoms with van der Waals surface area (Å²) in [6, 6.07) is 4.81. The SMILES string of the molecule is CCNC(=NCc1ccc(OCC(F)(F)F)c(OC)c1)NCCN1CCCCC1.I. The van der Waals surface area contributed by atoms with Crippen molar-refractivity contribution in [3.63, 3.8) is 0 Å². The van der Waals surface area contributed by atoms with Gasteiger partial charge in [0.2, 0.25) is 0 Å². The lowest BCUT2D eigenvalue weighted by atomic mass is 10.1. The van der Waals surface area contributed by atoms with E-state index < -0.39 is 12.8 Å². The van der Waals surface area contributed by atoms with Gasteiger partial charge in [0.15, 0.2) is 24.1 Å². The number of piperidine rings is 1. The van der Waals surface area contributed by atoms with E-state index in [0.717, 1.165) is 38.3 Å². The van der Waals surface area contributed by atoms with Crippen LogP contribution in [0.25, 0.3) is 0 Å². The molecule has 0 bridgehead atoms. The molecule has 6 nitrogen and oxygen atoms in total. The molecule has 0 aliphatic carbocycles. The van der Waals surface area contributed by atoms with Crippen LogP contribution in [0, 0.1) is 0 Å². The number of rotatable bonds is 9. The predicted molar refractivity (Wildman–Crippen MR) is 123 cm³/mol. The molecule has 1 aliphatic heterocycles. The molecule has 1 heterocycles. The highest BCUT2D eigenvalue weighted by Gasteiger charge is 2.29. The summed E-state index contributed by atoms with van der Waals surface area (Å²) in [7, 11) is 1.40. The molecule has 1 aromatic rings. The normalized spacial score (nSPS) is 15.3. The highest BCUT2D eigenvalue weighted by atomic mass is 127. The second-order valence-corrected chi connectivity index (χ2v) is 6.91. The summed E-state index contributed by atoms with van der Waals surface area (Å²) in [5, 5.41) is 6.54. The fourth-order valence-electron chi connectivity index (χ4n) is 3.12. The molecule has 0 aromatic heterocycles. The average Bonchev–Trinajstić information content (AvgIpc) is 2.71. The maximum Gasteiger partial charge on any atom is 0.422 e.